The van der Waals surface area contributed by atoms with Gasteiger partial charge in [-0.25, -0.2) is 9.18 Å². The molecule has 0 aromatic rings. The number of alkyl halides is 17. The maximum Gasteiger partial charge on any atom is 0.438 e. The lowest BCUT2D eigenvalue weighted by Crippen LogP contribution is -2.76. The van der Waals surface area contributed by atoms with Gasteiger partial charge in [0.2, 0.25) is 0 Å². The molecule has 0 N–H and O–H groups in total. The highest BCUT2D eigenvalue weighted by molar-refractivity contribution is 5.81. The summed E-state index contributed by atoms with van der Waals surface area (Å²) in [4.78, 5) is 10.8. The van der Waals surface area contributed by atoms with Crippen LogP contribution in [0, 0.1) is 5.92 Å². The van der Waals surface area contributed by atoms with Gasteiger partial charge in [0.05, 0.1) is 6.61 Å². The van der Waals surface area contributed by atoms with E-state index in [0.717, 1.165) is 6.92 Å². The Morgan fingerprint density at radius 2 is 1.09 bits per heavy atom. The first-order chi connectivity index (χ1) is 15.1. The Morgan fingerprint density at radius 3 is 1.43 bits per heavy atom. The summed E-state index contributed by atoms with van der Waals surface area (Å²) >= 11 is 0. The molecule has 0 radical (unpaired) electrons. The van der Waals surface area contributed by atoms with E-state index in [2.05, 4.69) is 11.3 Å². The van der Waals surface area contributed by atoms with Crippen LogP contribution in [-0.2, 0) is 9.53 Å². The molecule has 0 bridgehead atoms. The maximum absolute atomic E-state index is 13.7. The van der Waals surface area contributed by atoms with Gasteiger partial charge in [0.15, 0.2) is 0 Å². The Labute approximate surface area is 184 Å². The van der Waals surface area contributed by atoms with Crippen LogP contribution in [0.4, 0.5) is 74.6 Å². The third kappa shape index (κ3) is 5.27. The fourth-order valence-electron chi connectivity index (χ4n) is 2.31. The van der Waals surface area contributed by atoms with Gasteiger partial charge in [-0.15, -0.1) is 0 Å². The monoisotopic (exact) mass is 560 g/mol. The van der Waals surface area contributed by atoms with Gasteiger partial charge < -0.3 is 4.74 Å². The van der Waals surface area contributed by atoms with Gasteiger partial charge in [-0.2, -0.15) is 70.2 Å². The average Bonchev–Trinajstić information content (AvgIpc) is 2.67. The molecule has 1 unspecified atom stereocenters. The normalized spacial score (nSPS) is 16.2. The molecule has 0 saturated carbocycles. The molecular formula is C16H13F17O2. The van der Waals surface area contributed by atoms with Crippen molar-refractivity contribution in [2.45, 2.75) is 67.4 Å². The molecule has 35 heavy (non-hydrogen) atoms. The Balaban J connectivity index is 6.34. The standard InChI is InChI=1S/C16H13F17O2/c1-3-8(34)35-6-7(2)4-5-9(17,18)11(20,21)13(24,25)14(26,27)12(22,23)10(19,15(28,29)30)16(31,32)33/h3,7H,1,4-6H2,2H3. The summed E-state index contributed by atoms with van der Waals surface area (Å²) in [5, 5.41) is 0. The van der Waals surface area contributed by atoms with Gasteiger partial charge in [-0.3, -0.25) is 0 Å². The molecule has 0 amide bonds. The minimum atomic E-state index is -8.77. The van der Waals surface area contributed by atoms with Crippen LogP contribution in [0.3, 0.4) is 0 Å². The SMILES string of the molecule is C=CC(=O)OCC(C)CCC(F)(F)C(F)(F)C(F)(F)C(F)(F)C(F)(F)C(F)(C(F)(F)F)C(F)(F)F. The zero-order chi connectivity index (χ0) is 28.7. The van der Waals surface area contributed by atoms with Crippen LogP contribution in [0.15, 0.2) is 12.7 Å². The van der Waals surface area contributed by atoms with Crippen molar-refractivity contribution < 1.29 is 84.2 Å². The van der Waals surface area contributed by atoms with E-state index in [4.69, 9.17) is 0 Å². The Morgan fingerprint density at radius 1 is 0.714 bits per heavy atom. The van der Waals surface area contributed by atoms with E-state index in [0.29, 0.717) is 6.08 Å². The predicted molar refractivity (Wildman–Crippen MR) is 80.2 cm³/mol. The highest BCUT2D eigenvalue weighted by atomic mass is 19.4. The van der Waals surface area contributed by atoms with Crippen molar-refractivity contribution in [3.63, 3.8) is 0 Å². The largest absolute Gasteiger partial charge is 0.462 e. The molecule has 0 aromatic carbocycles. The van der Waals surface area contributed by atoms with E-state index in [1.807, 2.05) is 0 Å². The minimum Gasteiger partial charge on any atom is -0.462 e. The number of hydrogen-bond donors (Lipinski definition) is 0. The number of carbonyl (C=O) groups excluding carboxylic acids is 1. The molecule has 0 aliphatic carbocycles. The fourth-order valence-corrected chi connectivity index (χ4v) is 2.31. The molecule has 0 rings (SSSR count). The van der Waals surface area contributed by atoms with E-state index in [9.17, 15) is 79.4 Å². The van der Waals surface area contributed by atoms with Gasteiger partial charge in [0, 0.05) is 12.5 Å². The first kappa shape index (κ1) is 33.0. The van der Waals surface area contributed by atoms with Crippen molar-refractivity contribution in [1.29, 1.82) is 0 Å². The smallest absolute Gasteiger partial charge is 0.438 e. The van der Waals surface area contributed by atoms with Crippen molar-refractivity contribution >= 4 is 5.97 Å². The quantitative estimate of drug-likeness (QED) is 0.153. The third-order valence-corrected chi connectivity index (χ3v) is 4.48. The topological polar surface area (TPSA) is 26.3 Å². The molecule has 0 saturated heterocycles. The second-order valence-electron chi connectivity index (χ2n) is 7.13. The molecule has 0 aromatic heterocycles. The number of hydrogen-bond acceptors (Lipinski definition) is 2. The molecular weight excluding hydrogens is 547 g/mol. The lowest BCUT2D eigenvalue weighted by Gasteiger charge is -2.44. The summed E-state index contributed by atoms with van der Waals surface area (Å²) in [5.41, 5.74) is -8.56. The van der Waals surface area contributed by atoms with E-state index in [1.165, 1.54) is 0 Å². The van der Waals surface area contributed by atoms with Crippen LogP contribution >= 0.6 is 0 Å². The summed E-state index contributed by atoms with van der Waals surface area (Å²) in [6, 6.07) is 0. The van der Waals surface area contributed by atoms with Gasteiger partial charge in [-0.05, 0) is 12.3 Å². The summed E-state index contributed by atoms with van der Waals surface area (Å²) < 4.78 is 228. The van der Waals surface area contributed by atoms with Crippen LogP contribution in [0.5, 0.6) is 0 Å². The van der Waals surface area contributed by atoms with Crippen LogP contribution in [0.1, 0.15) is 19.8 Å². The highest BCUT2D eigenvalue weighted by Crippen LogP contribution is 2.65. The number of ether oxygens (including phenoxy) is 1. The molecule has 0 spiro atoms. The zero-order valence-corrected chi connectivity index (χ0v) is 16.7. The van der Waals surface area contributed by atoms with Crippen LogP contribution in [0.25, 0.3) is 0 Å². The summed E-state index contributed by atoms with van der Waals surface area (Å²) in [5.74, 6) is -42.7. The van der Waals surface area contributed by atoms with Crippen LogP contribution in [0.2, 0.25) is 0 Å². The Hall–Kier alpha value is -1.98. The fraction of sp³-hybridized carbons (Fsp3) is 0.812. The highest BCUT2D eigenvalue weighted by Gasteiger charge is 2.97. The molecule has 1 atom stereocenters. The minimum absolute atomic E-state index is 0.533. The van der Waals surface area contributed by atoms with E-state index in [1.54, 1.807) is 0 Å². The van der Waals surface area contributed by atoms with Gasteiger partial charge in [-0.1, -0.05) is 13.5 Å². The lowest BCUT2D eigenvalue weighted by molar-refractivity contribution is -0.465. The molecule has 0 fully saturated rings. The Bertz CT molecular complexity index is 751. The summed E-state index contributed by atoms with van der Waals surface area (Å²) in [6.07, 6.45) is -19.8. The maximum atomic E-state index is 13.7. The number of esters is 1. The van der Waals surface area contributed by atoms with E-state index < -0.39 is 79.0 Å². The molecule has 0 heterocycles. The van der Waals surface area contributed by atoms with Crippen molar-refractivity contribution in [2.24, 2.45) is 5.92 Å². The van der Waals surface area contributed by atoms with Gasteiger partial charge in [0.25, 0.3) is 0 Å². The first-order valence-electron chi connectivity index (χ1n) is 8.60. The number of rotatable bonds is 11. The molecule has 0 aliphatic rings. The van der Waals surface area contributed by atoms with E-state index >= 15 is 0 Å². The Kier molecular flexibility index (Phi) is 8.94. The van der Waals surface area contributed by atoms with Crippen LogP contribution < -0.4 is 0 Å². The molecule has 19 heteroatoms. The molecule has 208 valence electrons. The van der Waals surface area contributed by atoms with Crippen molar-refractivity contribution in [2.75, 3.05) is 6.61 Å². The second-order valence-corrected chi connectivity index (χ2v) is 7.13. The van der Waals surface area contributed by atoms with Gasteiger partial charge in [0.1, 0.15) is 0 Å². The first-order valence-corrected chi connectivity index (χ1v) is 8.60. The summed E-state index contributed by atoms with van der Waals surface area (Å²) in [7, 11) is 0. The average molecular weight is 560 g/mol. The van der Waals surface area contributed by atoms with Crippen molar-refractivity contribution in [1.82, 2.24) is 0 Å². The second kappa shape index (κ2) is 9.48. The van der Waals surface area contributed by atoms with Crippen molar-refractivity contribution in [3.8, 4) is 0 Å². The number of carbonyl (C=O) groups is 1. The van der Waals surface area contributed by atoms with E-state index in [-0.39, 0.29) is 0 Å². The third-order valence-electron chi connectivity index (χ3n) is 4.48. The van der Waals surface area contributed by atoms with Crippen molar-refractivity contribution in [3.05, 3.63) is 12.7 Å². The summed E-state index contributed by atoms with van der Waals surface area (Å²) in [6.45, 7) is 2.86. The molecule has 0 aliphatic heterocycles. The predicted octanol–water partition coefficient (Wildman–Crippen LogP) is 7.14. The molecule has 2 nitrogen and oxygen atoms in total. The van der Waals surface area contributed by atoms with Gasteiger partial charge >= 0.3 is 53.6 Å². The van der Waals surface area contributed by atoms with Crippen LogP contribution in [-0.4, -0.2) is 60.2 Å². The lowest BCUT2D eigenvalue weighted by atomic mass is 9.83. The zero-order valence-electron chi connectivity index (χ0n) is 16.7. The number of halogens is 17.